The van der Waals surface area contributed by atoms with Crippen molar-refractivity contribution in [3.63, 3.8) is 0 Å². The summed E-state index contributed by atoms with van der Waals surface area (Å²) in [4.78, 5) is 0. The van der Waals surface area contributed by atoms with Crippen LogP contribution in [0.4, 0.5) is 0 Å². The third-order valence-corrected chi connectivity index (χ3v) is 4.23. The standard InChI is InChI=1S/C11H22O2Si/c1-6-12-14(4,5)13-11-8-9(2)7-10(11)3/h8-10H,6-7H2,1-5H3/t9-,10+/m1/s1. The van der Waals surface area contributed by atoms with Crippen molar-refractivity contribution in [1.29, 1.82) is 0 Å². The average molecular weight is 214 g/mol. The molecule has 14 heavy (non-hydrogen) atoms. The van der Waals surface area contributed by atoms with Crippen LogP contribution in [0, 0.1) is 11.8 Å². The predicted molar refractivity (Wildman–Crippen MR) is 61.2 cm³/mol. The van der Waals surface area contributed by atoms with Gasteiger partial charge in [-0.2, -0.15) is 0 Å². The Morgan fingerprint density at radius 2 is 2.07 bits per heavy atom. The van der Waals surface area contributed by atoms with Crippen molar-refractivity contribution < 1.29 is 8.85 Å². The van der Waals surface area contributed by atoms with Crippen molar-refractivity contribution in [2.24, 2.45) is 11.8 Å². The molecule has 0 aromatic carbocycles. The third-order valence-electron chi connectivity index (χ3n) is 2.52. The van der Waals surface area contributed by atoms with Crippen LogP contribution in [-0.4, -0.2) is 15.2 Å². The number of rotatable bonds is 4. The molecule has 0 aromatic rings. The molecule has 1 rings (SSSR count). The maximum Gasteiger partial charge on any atom is 0.392 e. The molecule has 0 fully saturated rings. The van der Waals surface area contributed by atoms with Crippen LogP contribution in [-0.2, 0) is 8.85 Å². The summed E-state index contributed by atoms with van der Waals surface area (Å²) in [6, 6.07) is 0. The van der Waals surface area contributed by atoms with Crippen LogP contribution in [0.3, 0.4) is 0 Å². The minimum Gasteiger partial charge on any atom is -0.524 e. The average Bonchev–Trinajstić information content (AvgIpc) is 2.28. The molecule has 0 bridgehead atoms. The van der Waals surface area contributed by atoms with E-state index in [0.29, 0.717) is 11.8 Å². The largest absolute Gasteiger partial charge is 0.524 e. The fraction of sp³-hybridized carbons (Fsp3) is 0.818. The Morgan fingerprint density at radius 1 is 1.43 bits per heavy atom. The van der Waals surface area contributed by atoms with Crippen LogP contribution < -0.4 is 0 Å². The molecule has 0 aliphatic heterocycles. The molecular formula is C11H22O2Si. The van der Waals surface area contributed by atoms with Crippen LogP contribution in [0.25, 0.3) is 0 Å². The Hall–Kier alpha value is -0.283. The van der Waals surface area contributed by atoms with Crippen LogP contribution >= 0.6 is 0 Å². The molecule has 0 saturated carbocycles. The Balaban J connectivity index is 2.55. The summed E-state index contributed by atoms with van der Waals surface area (Å²) in [6.45, 7) is 11.4. The topological polar surface area (TPSA) is 18.5 Å². The van der Waals surface area contributed by atoms with Gasteiger partial charge in [0.1, 0.15) is 0 Å². The highest BCUT2D eigenvalue weighted by Gasteiger charge is 2.31. The van der Waals surface area contributed by atoms with Crippen molar-refractivity contribution >= 4 is 8.56 Å². The van der Waals surface area contributed by atoms with Crippen molar-refractivity contribution in [2.75, 3.05) is 6.61 Å². The molecule has 0 N–H and O–H groups in total. The first-order valence-corrected chi connectivity index (χ1v) is 8.31. The summed E-state index contributed by atoms with van der Waals surface area (Å²) in [5.41, 5.74) is 0. The van der Waals surface area contributed by atoms with E-state index in [0.717, 1.165) is 12.4 Å². The highest BCUT2D eigenvalue weighted by Crippen LogP contribution is 2.32. The zero-order chi connectivity index (χ0) is 10.8. The molecule has 1 aliphatic rings. The van der Waals surface area contributed by atoms with Gasteiger partial charge in [0.2, 0.25) is 0 Å². The van der Waals surface area contributed by atoms with Gasteiger partial charge >= 0.3 is 8.56 Å². The Bertz CT molecular complexity index is 223. The molecule has 0 heterocycles. The van der Waals surface area contributed by atoms with E-state index in [2.05, 4.69) is 33.0 Å². The van der Waals surface area contributed by atoms with E-state index in [1.807, 2.05) is 6.92 Å². The van der Waals surface area contributed by atoms with E-state index in [1.54, 1.807) is 0 Å². The number of allylic oxidation sites excluding steroid dienone is 2. The quantitative estimate of drug-likeness (QED) is 0.669. The smallest absolute Gasteiger partial charge is 0.392 e. The Kier molecular flexibility index (Phi) is 3.78. The van der Waals surface area contributed by atoms with Gasteiger partial charge in [-0.3, -0.25) is 0 Å². The molecule has 82 valence electrons. The van der Waals surface area contributed by atoms with E-state index in [-0.39, 0.29) is 0 Å². The summed E-state index contributed by atoms with van der Waals surface area (Å²) in [5.74, 6) is 2.38. The lowest BCUT2D eigenvalue weighted by Gasteiger charge is -2.25. The van der Waals surface area contributed by atoms with Gasteiger partial charge in [0, 0.05) is 12.5 Å². The zero-order valence-corrected chi connectivity index (χ0v) is 11.0. The Morgan fingerprint density at radius 3 is 2.50 bits per heavy atom. The highest BCUT2D eigenvalue weighted by atomic mass is 28.4. The molecule has 0 unspecified atom stereocenters. The normalized spacial score (nSPS) is 27.6. The second kappa shape index (κ2) is 4.49. The molecule has 0 spiro atoms. The van der Waals surface area contributed by atoms with Gasteiger partial charge in [-0.25, -0.2) is 0 Å². The van der Waals surface area contributed by atoms with E-state index in [4.69, 9.17) is 8.85 Å². The first kappa shape index (κ1) is 11.8. The van der Waals surface area contributed by atoms with E-state index < -0.39 is 8.56 Å². The number of hydrogen-bond acceptors (Lipinski definition) is 2. The first-order chi connectivity index (χ1) is 6.44. The van der Waals surface area contributed by atoms with Gasteiger partial charge in [0.05, 0.1) is 5.76 Å². The minimum atomic E-state index is -1.91. The molecule has 0 saturated heterocycles. The van der Waals surface area contributed by atoms with Crippen LogP contribution in [0.15, 0.2) is 11.8 Å². The van der Waals surface area contributed by atoms with Gasteiger partial charge < -0.3 is 8.85 Å². The van der Waals surface area contributed by atoms with Crippen LogP contribution in [0.2, 0.25) is 13.1 Å². The van der Waals surface area contributed by atoms with Gasteiger partial charge in [-0.15, -0.1) is 0 Å². The zero-order valence-electron chi connectivity index (χ0n) is 9.96. The summed E-state index contributed by atoms with van der Waals surface area (Å²) in [7, 11) is -1.91. The van der Waals surface area contributed by atoms with Crippen molar-refractivity contribution in [2.45, 2.75) is 40.3 Å². The minimum absolute atomic E-state index is 0.567. The fourth-order valence-electron chi connectivity index (χ4n) is 1.98. The summed E-state index contributed by atoms with van der Waals surface area (Å²) < 4.78 is 11.7. The van der Waals surface area contributed by atoms with E-state index >= 15 is 0 Å². The highest BCUT2D eigenvalue weighted by molar-refractivity contribution is 6.64. The lowest BCUT2D eigenvalue weighted by Crippen LogP contribution is -2.35. The van der Waals surface area contributed by atoms with Crippen LogP contribution in [0.1, 0.15) is 27.2 Å². The molecule has 2 atom stereocenters. The van der Waals surface area contributed by atoms with Crippen molar-refractivity contribution in [3.8, 4) is 0 Å². The lowest BCUT2D eigenvalue weighted by molar-refractivity contribution is 0.215. The van der Waals surface area contributed by atoms with Gasteiger partial charge in [-0.05, 0) is 38.4 Å². The second-order valence-corrected chi connectivity index (χ2v) is 7.91. The van der Waals surface area contributed by atoms with Gasteiger partial charge in [0.15, 0.2) is 0 Å². The summed E-state index contributed by atoms with van der Waals surface area (Å²) in [5, 5.41) is 0. The van der Waals surface area contributed by atoms with Crippen molar-refractivity contribution in [1.82, 2.24) is 0 Å². The lowest BCUT2D eigenvalue weighted by atomic mass is 10.1. The first-order valence-electron chi connectivity index (χ1n) is 5.49. The van der Waals surface area contributed by atoms with Gasteiger partial charge in [0.25, 0.3) is 0 Å². The molecule has 1 aliphatic carbocycles. The molecule has 0 aromatic heterocycles. The molecule has 0 amide bonds. The number of hydrogen-bond donors (Lipinski definition) is 0. The molecule has 0 radical (unpaired) electrons. The summed E-state index contributed by atoms with van der Waals surface area (Å²) in [6.07, 6.45) is 3.46. The molecule has 3 heteroatoms. The monoisotopic (exact) mass is 214 g/mol. The molecular weight excluding hydrogens is 192 g/mol. The second-order valence-electron chi connectivity index (χ2n) is 4.62. The maximum absolute atomic E-state index is 6.00. The van der Waals surface area contributed by atoms with Crippen molar-refractivity contribution in [3.05, 3.63) is 11.8 Å². The summed E-state index contributed by atoms with van der Waals surface area (Å²) >= 11 is 0. The van der Waals surface area contributed by atoms with Gasteiger partial charge in [-0.1, -0.05) is 13.8 Å². The van der Waals surface area contributed by atoms with E-state index in [1.165, 1.54) is 6.42 Å². The predicted octanol–water partition coefficient (Wildman–Crippen LogP) is 3.30. The van der Waals surface area contributed by atoms with E-state index in [9.17, 15) is 0 Å². The SMILES string of the molecule is CCO[Si](C)(C)OC1=C[C@H](C)C[C@@H]1C. The Labute approximate surface area is 88.5 Å². The third kappa shape index (κ3) is 3.14. The maximum atomic E-state index is 6.00. The molecule has 2 nitrogen and oxygen atoms in total. The fourth-order valence-corrected chi connectivity index (χ4v) is 3.57. The van der Waals surface area contributed by atoms with Crippen LogP contribution in [0.5, 0.6) is 0 Å².